The molecule has 0 aliphatic heterocycles. The zero-order chi connectivity index (χ0) is 22.4. The second kappa shape index (κ2) is 8.95. The number of fused-ring (bicyclic) bond motifs is 5. The van der Waals surface area contributed by atoms with Gasteiger partial charge in [0.1, 0.15) is 0 Å². The highest BCUT2D eigenvalue weighted by atomic mass is 16.3. The Hall–Kier alpha value is -0.650. The molecule has 0 spiro atoms. The lowest BCUT2D eigenvalue weighted by Gasteiger charge is -2.62. The Bertz CT molecular complexity index is 655. The first-order valence-electron chi connectivity index (χ1n) is 13.0. The third-order valence-electron chi connectivity index (χ3n) is 10.8. The number of nitrogens with one attached hydrogen (secondary N) is 1. The van der Waals surface area contributed by atoms with Crippen LogP contribution in [-0.4, -0.2) is 46.6 Å². The Labute approximate surface area is 188 Å². The number of rotatable bonds is 6. The molecule has 10 atom stereocenters. The molecule has 4 aliphatic carbocycles. The average Bonchev–Trinajstić information content (AvgIpc) is 3.10. The van der Waals surface area contributed by atoms with Gasteiger partial charge in [-0.15, -0.1) is 0 Å². The SMILES string of the molecule is CC(CCC(=O)NCCO)C1CCC2C3CC[C@@H]4C[C@H](O)CC[C@]4(C)C3C[C@H](O)[C@]12C. The predicted molar refractivity (Wildman–Crippen MR) is 121 cm³/mol. The van der Waals surface area contributed by atoms with E-state index in [9.17, 15) is 15.0 Å². The van der Waals surface area contributed by atoms with Crippen LogP contribution in [-0.2, 0) is 4.79 Å². The molecule has 0 aromatic carbocycles. The van der Waals surface area contributed by atoms with E-state index in [0.29, 0.717) is 48.5 Å². The molecule has 31 heavy (non-hydrogen) atoms. The minimum Gasteiger partial charge on any atom is -0.395 e. The summed E-state index contributed by atoms with van der Waals surface area (Å²) in [6.45, 7) is 7.41. The minimum absolute atomic E-state index is 0.0167. The van der Waals surface area contributed by atoms with Crippen LogP contribution in [0.4, 0.5) is 0 Å². The molecule has 0 aromatic rings. The first kappa shape index (κ1) is 23.5. The van der Waals surface area contributed by atoms with E-state index in [1.165, 1.54) is 25.7 Å². The fourth-order valence-electron chi connectivity index (χ4n) is 9.00. The third kappa shape index (κ3) is 3.97. The lowest BCUT2D eigenvalue weighted by molar-refractivity contribution is -0.174. The largest absolute Gasteiger partial charge is 0.395 e. The van der Waals surface area contributed by atoms with Gasteiger partial charge in [-0.25, -0.2) is 0 Å². The van der Waals surface area contributed by atoms with Crippen molar-refractivity contribution in [3.8, 4) is 0 Å². The number of aliphatic hydroxyl groups excluding tert-OH is 3. The van der Waals surface area contributed by atoms with Crippen molar-refractivity contribution in [1.82, 2.24) is 5.32 Å². The summed E-state index contributed by atoms with van der Waals surface area (Å²) < 4.78 is 0. The van der Waals surface area contributed by atoms with Gasteiger partial charge in [-0.3, -0.25) is 4.79 Å². The molecule has 4 fully saturated rings. The summed E-state index contributed by atoms with van der Waals surface area (Å²) in [7, 11) is 0. The van der Waals surface area contributed by atoms with Crippen LogP contribution in [0.1, 0.15) is 85.0 Å². The summed E-state index contributed by atoms with van der Waals surface area (Å²) in [5.41, 5.74) is 0.235. The van der Waals surface area contributed by atoms with E-state index >= 15 is 0 Å². The Balaban J connectivity index is 1.47. The van der Waals surface area contributed by atoms with Gasteiger partial charge in [-0.05, 0) is 104 Å². The van der Waals surface area contributed by atoms with Crippen LogP contribution in [0, 0.1) is 46.3 Å². The predicted octanol–water partition coefficient (Wildman–Crippen LogP) is 3.50. The van der Waals surface area contributed by atoms with E-state index in [1.54, 1.807) is 0 Å². The molecule has 4 rings (SSSR count). The molecule has 4 N–H and O–H groups in total. The van der Waals surface area contributed by atoms with Gasteiger partial charge in [-0.1, -0.05) is 20.8 Å². The highest BCUT2D eigenvalue weighted by molar-refractivity contribution is 5.75. The molecule has 0 radical (unpaired) electrons. The Morgan fingerprint density at radius 1 is 1.06 bits per heavy atom. The van der Waals surface area contributed by atoms with E-state index in [1.807, 2.05) is 0 Å². The second-order valence-electron chi connectivity index (χ2n) is 12.0. The molecule has 0 bridgehead atoms. The van der Waals surface area contributed by atoms with Crippen molar-refractivity contribution in [2.24, 2.45) is 46.3 Å². The molecular formula is C26H45NO4. The van der Waals surface area contributed by atoms with Crippen molar-refractivity contribution in [3.63, 3.8) is 0 Å². The smallest absolute Gasteiger partial charge is 0.220 e. The first-order chi connectivity index (χ1) is 14.7. The number of carbonyl (C=O) groups excluding carboxylic acids is 1. The zero-order valence-electron chi connectivity index (χ0n) is 19.9. The maximum Gasteiger partial charge on any atom is 0.220 e. The van der Waals surface area contributed by atoms with Crippen molar-refractivity contribution < 1.29 is 20.1 Å². The van der Waals surface area contributed by atoms with Crippen molar-refractivity contribution in [2.45, 2.75) is 97.2 Å². The van der Waals surface area contributed by atoms with Gasteiger partial charge in [-0.2, -0.15) is 0 Å². The highest BCUT2D eigenvalue weighted by Crippen LogP contribution is 2.68. The van der Waals surface area contributed by atoms with Gasteiger partial charge in [0.15, 0.2) is 0 Å². The molecule has 0 saturated heterocycles. The van der Waals surface area contributed by atoms with E-state index in [0.717, 1.165) is 32.1 Å². The number of hydrogen-bond acceptors (Lipinski definition) is 4. The van der Waals surface area contributed by atoms with E-state index in [4.69, 9.17) is 5.11 Å². The molecule has 1 amide bonds. The Kier molecular flexibility index (Phi) is 6.78. The van der Waals surface area contributed by atoms with Crippen LogP contribution >= 0.6 is 0 Å². The van der Waals surface area contributed by atoms with Gasteiger partial charge in [0.05, 0.1) is 18.8 Å². The zero-order valence-corrected chi connectivity index (χ0v) is 19.9. The maximum absolute atomic E-state index is 12.0. The second-order valence-corrected chi connectivity index (χ2v) is 12.0. The highest BCUT2D eigenvalue weighted by Gasteiger charge is 2.63. The van der Waals surface area contributed by atoms with Crippen LogP contribution in [0.15, 0.2) is 0 Å². The first-order valence-corrected chi connectivity index (χ1v) is 13.0. The topological polar surface area (TPSA) is 89.8 Å². The van der Waals surface area contributed by atoms with Crippen molar-refractivity contribution in [2.75, 3.05) is 13.2 Å². The number of carbonyl (C=O) groups is 1. The summed E-state index contributed by atoms with van der Waals surface area (Å²) in [5, 5.41) is 33.5. The standard InChI is InChI=1S/C26H45NO4/c1-16(4-9-24(31)27-12-13-28)20-7-8-21-19-6-5-17-14-18(29)10-11-25(17,2)22(19)15-23(30)26(20,21)3/h16-23,28-30H,4-15H2,1-3H3,(H,27,31)/t16?,17-,18-,19?,20?,21?,22?,23+,25+,26-/m1/s1. The molecule has 5 heteroatoms. The summed E-state index contributed by atoms with van der Waals surface area (Å²) in [6, 6.07) is 0. The van der Waals surface area contributed by atoms with E-state index < -0.39 is 0 Å². The normalized spacial score (nSPS) is 47.7. The van der Waals surface area contributed by atoms with E-state index in [-0.39, 0.29) is 35.6 Å². The Morgan fingerprint density at radius 2 is 1.84 bits per heavy atom. The summed E-state index contributed by atoms with van der Waals surface area (Å²) in [4.78, 5) is 12.0. The minimum atomic E-state index is -0.264. The maximum atomic E-state index is 12.0. The average molecular weight is 436 g/mol. The monoisotopic (exact) mass is 435 g/mol. The van der Waals surface area contributed by atoms with Crippen LogP contribution in [0.25, 0.3) is 0 Å². The number of hydrogen-bond donors (Lipinski definition) is 4. The van der Waals surface area contributed by atoms with E-state index in [2.05, 4.69) is 26.1 Å². The summed E-state index contributed by atoms with van der Waals surface area (Å²) >= 11 is 0. The van der Waals surface area contributed by atoms with Gasteiger partial charge in [0.2, 0.25) is 5.91 Å². The molecule has 5 unspecified atom stereocenters. The fourth-order valence-corrected chi connectivity index (χ4v) is 9.00. The molecule has 5 nitrogen and oxygen atoms in total. The molecule has 178 valence electrons. The lowest BCUT2D eigenvalue weighted by atomic mass is 9.43. The van der Waals surface area contributed by atoms with Gasteiger partial charge in [0.25, 0.3) is 0 Å². The third-order valence-corrected chi connectivity index (χ3v) is 10.8. The number of aliphatic hydroxyl groups is 3. The molecule has 4 aliphatic rings. The van der Waals surface area contributed by atoms with Crippen LogP contribution in [0.3, 0.4) is 0 Å². The van der Waals surface area contributed by atoms with Crippen LogP contribution in [0.2, 0.25) is 0 Å². The molecule has 0 heterocycles. The van der Waals surface area contributed by atoms with Crippen molar-refractivity contribution >= 4 is 5.91 Å². The van der Waals surface area contributed by atoms with Crippen molar-refractivity contribution in [3.05, 3.63) is 0 Å². The number of amides is 1. The molecule has 0 aromatic heterocycles. The lowest BCUT2D eigenvalue weighted by Crippen LogP contribution is -2.58. The Morgan fingerprint density at radius 3 is 2.58 bits per heavy atom. The summed E-state index contributed by atoms with van der Waals surface area (Å²) in [5.74, 6) is 3.40. The van der Waals surface area contributed by atoms with Crippen LogP contribution < -0.4 is 5.32 Å². The van der Waals surface area contributed by atoms with Gasteiger partial charge >= 0.3 is 0 Å². The summed E-state index contributed by atoms with van der Waals surface area (Å²) in [6.07, 6.45) is 9.74. The van der Waals surface area contributed by atoms with Crippen LogP contribution in [0.5, 0.6) is 0 Å². The van der Waals surface area contributed by atoms with Gasteiger partial charge < -0.3 is 20.6 Å². The van der Waals surface area contributed by atoms with Crippen molar-refractivity contribution in [1.29, 1.82) is 0 Å². The van der Waals surface area contributed by atoms with Gasteiger partial charge in [0, 0.05) is 13.0 Å². The molecular weight excluding hydrogens is 390 g/mol. The molecule has 4 saturated carbocycles. The quantitative estimate of drug-likeness (QED) is 0.514. The fraction of sp³-hybridized carbons (Fsp3) is 0.962.